The Hall–Kier alpha value is -2.63. The van der Waals surface area contributed by atoms with Gasteiger partial charge in [-0.15, -0.1) is 0 Å². The predicted octanol–water partition coefficient (Wildman–Crippen LogP) is 2.56. The number of rotatable bonds is 4. The van der Waals surface area contributed by atoms with Crippen LogP contribution in [0.25, 0.3) is 0 Å². The van der Waals surface area contributed by atoms with Crippen molar-refractivity contribution >= 4 is 29.2 Å². The number of aliphatic carboxylic acids is 1. The van der Waals surface area contributed by atoms with Gasteiger partial charge in [-0.05, 0) is 37.5 Å². The number of carboxylic acids is 1. The van der Waals surface area contributed by atoms with Crippen LogP contribution in [0.15, 0.2) is 30.4 Å². The molecule has 0 spiro atoms. The Kier molecular flexibility index (Phi) is 5.16. The van der Waals surface area contributed by atoms with Gasteiger partial charge in [-0.25, -0.2) is 0 Å². The number of hydrogen-bond acceptors (Lipinski definition) is 3. The molecule has 0 fully saturated rings. The van der Waals surface area contributed by atoms with Gasteiger partial charge in [0.2, 0.25) is 11.8 Å². The third kappa shape index (κ3) is 4.18. The first-order chi connectivity index (χ1) is 10.9. The van der Waals surface area contributed by atoms with Crippen molar-refractivity contribution < 1.29 is 19.5 Å². The molecular weight excluding hydrogens is 296 g/mol. The standard InChI is InChI=1S/C17H20N2O4/c1-10-7-8-12(9-15(10)18-11(2)20)19-16(21)13-5-3-4-6-14(13)17(22)23/h3-4,7-9,13-14H,5-6H2,1-2H3,(H,18,20)(H,19,21)(H,22,23)/t13-,14+/m1/s1. The van der Waals surface area contributed by atoms with Crippen LogP contribution in [0.5, 0.6) is 0 Å². The van der Waals surface area contributed by atoms with E-state index in [1.54, 1.807) is 24.3 Å². The minimum Gasteiger partial charge on any atom is -0.481 e. The maximum atomic E-state index is 12.4. The summed E-state index contributed by atoms with van der Waals surface area (Å²) in [4.78, 5) is 34.9. The van der Waals surface area contributed by atoms with Crippen LogP contribution in [0.2, 0.25) is 0 Å². The lowest BCUT2D eigenvalue weighted by atomic mass is 9.82. The van der Waals surface area contributed by atoms with Gasteiger partial charge in [-0.1, -0.05) is 18.2 Å². The molecule has 6 nitrogen and oxygen atoms in total. The van der Waals surface area contributed by atoms with E-state index in [9.17, 15) is 19.5 Å². The maximum absolute atomic E-state index is 12.4. The molecule has 3 N–H and O–H groups in total. The minimum absolute atomic E-state index is 0.195. The lowest BCUT2D eigenvalue weighted by Crippen LogP contribution is -2.34. The number of amides is 2. The van der Waals surface area contributed by atoms with Gasteiger partial charge in [-0.3, -0.25) is 14.4 Å². The Balaban J connectivity index is 2.15. The SMILES string of the molecule is CC(=O)Nc1cc(NC(=O)[C@@H]2CC=CC[C@@H]2C(=O)O)ccc1C. The van der Waals surface area contributed by atoms with E-state index in [2.05, 4.69) is 10.6 Å². The molecule has 2 atom stereocenters. The molecule has 2 amide bonds. The molecule has 1 aromatic rings. The van der Waals surface area contributed by atoms with Crippen molar-refractivity contribution in [1.82, 2.24) is 0 Å². The number of carbonyl (C=O) groups is 3. The monoisotopic (exact) mass is 316 g/mol. The fourth-order valence-corrected chi connectivity index (χ4v) is 2.64. The van der Waals surface area contributed by atoms with Gasteiger partial charge in [0, 0.05) is 18.3 Å². The summed E-state index contributed by atoms with van der Waals surface area (Å²) in [5.74, 6) is -2.78. The molecule has 0 unspecified atom stereocenters. The Morgan fingerprint density at radius 1 is 1.09 bits per heavy atom. The van der Waals surface area contributed by atoms with E-state index in [1.165, 1.54) is 6.92 Å². The number of benzene rings is 1. The molecule has 1 aromatic carbocycles. The summed E-state index contributed by atoms with van der Waals surface area (Å²) >= 11 is 0. The molecule has 23 heavy (non-hydrogen) atoms. The van der Waals surface area contributed by atoms with Crippen LogP contribution in [0, 0.1) is 18.8 Å². The molecule has 1 aliphatic rings. The molecular formula is C17H20N2O4. The minimum atomic E-state index is -0.961. The van der Waals surface area contributed by atoms with E-state index in [-0.39, 0.29) is 11.8 Å². The average Bonchev–Trinajstić information content (AvgIpc) is 2.50. The Bertz CT molecular complexity index is 667. The smallest absolute Gasteiger partial charge is 0.307 e. The van der Waals surface area contributed by atoms with Gasteiger partial charge in [0.05, 0.1) is 11.8 Å². The maximum Gasteiger partial charge on any atom is 0.307 e. The van der Waals surface area contributed by atoms with Crippen LogP contribution in [0.3, 0.4) is 0 Å². The van der Waals surface area contributed by atoms with Crippen LogP contribution in [0.1, 0.15) is 25.3 Å². The van der Waals surface area contributed by atoms with Gasteiger partial charge < -0.3 is 15.7 Å². The highest BCUT2D eigenvalue weighted by molar-refractivity contribution is 5.97. The number of aryl methyl sites for hydroxylation is 1. The van der Waals surface area contributed by atoms with E-state index in [4.69, 9.17) is 0 Å². The molecule has 0 bridgehead atoms. The second-order valence-electron chi connectivity index (χ2n) is 5.69. The van der Waals surface area contributed by atoms with Gasteiger partial charge in [0.1, 0.15) is 0 Å². The zero-order valence-corrected chi connectivity index (χ0v) is 13.1. The summed E-state index contributed by atoms with van der Waals surface area (Å²) in [5, 5.41) is 14.7. The quantitative estimate of drug-likeness (QED) is 0.744. The van der Waals surface area contributed by atoms with Gasteiger partial charge in [0.25, 0.3) is 0 Å². The highest BCUT2D eigenvalue weighted by Gasteiger charge is 2.33. The van der Waals surface area contributed by atoms with Gasteiger partial charge in [0.15, 0.2) is 0 Å². The molecule has 0 aliphatic heterocycles. The van der Waals surface area contributed by atoms with Crippen LogP contribution >= 0.6 is 0 Å². The summed E-state index contributed by atoms with van der Waals surface area (Å²) < 4.78 is 0. The molecule has 0 radical (unpaired) electrons. The topological polar surface area (TPSA) is 95.5 Å². The Morgan fingerprint density at radius 3 is 2.35 bits per heavy atom. The Labute approximate surface area is 134 Å². The van der Waals surface area contributed by atoms with Crippen LogP contribution in [-0.4, -0.2) is 22.9 Å². The number of carbonyl (C=O) groups excluding carboxylic acids is 2. The van der Waals surface area contributed by atoms with Crippen molar-refractivity contribution in [3.8, 4) is 0 Å². The lowest BCUT2D eigenvalue weighted by molar-refractivity contribution is -0.146. The first-order valence-corrected chi connectivity index (χ1v) is 7.45. The van der Waals surface area contributed by atoms with Crippen LogP contribution in [0.4, 0.5) is 11.4 Å². The van der Waals surface area contributed by atoms with Crippen molar-refractivity contribution in [1.29, 1.82) is 0 Å². The second-order valence-corrected chi connectivity index (χ2v) is 5.69. The number of hydrogen-bond donors (Lipinski definition) is 3. The van der Waals surface area contributed by atoms with Crippen molar-refractivity contribution in [2.45, 2.75) is 26.7 Å². The van der Waals surface area contributed by atoms with Crippen molar-refractivity contribution in [2.75, 3.05) is 10.6 Å². The third-order valence-corrected chi connectivity index (χ3v) is 3.90. The first-order valence-electron chi connectivity index (χ1n) is 7.45. The molecule has 6 heteroatoms. The fourth-order valence-electron chi connectivity index (χ4n) is 2.64. The van der Waals surface area contributed by atoms with E-state index in [1.807, 2.05) is 13.0 Å². The molecule has 0 saturated heterocycles. The fraction of sp³-hybridized carbons (Fsp3) is 0.353. The second kappa shape index (κ2) is 7.09. The van der Waals surface area contributed by atoms with E-state index in [0.717, 1.165) is 5.56 Å². The summed E-state index contributed by atoms with van der Waals surface area (Å²) in [6.07, 6.45) is 4.40. The summed E-state index contributed by atoms with van der Waals surface area (Å²) in [6.45, 7) is 3.26. The van der Waals surface area contributed by atoms with Crippen molar-refractivity contribution in [2.24, 2.45) is 11.8 Å². The summed E-state index contributed by atoms with van der Waals surface area (Å²) in [5.41, 5.74) is 2.03. The normalized spacial score (nSPS) is 19.9. The number of nitrogens with one attached hydrogen (secondary N) is 2. The predicted molar refractivity (Wildman–Crippen MR) is 87.1 cm³/mol. The number of carboxylic acid groups (broad SMARTS) is 1. The van der Waals surface area contributed by atoms with E-state index >= 15 is 0 Å². The van der Waals surface area contributed by atoms with E-state index in [0.29, 0.717) is 24.2 Å². The first kappa shape index (κ1) is 16.7. The highest BCUT2D eigenvalue weighted by atomic mass is 16.4. The zero-order valence-electron chi connectivity index (χ0n) is 13.1. The van der Waals surface area contributed by atoms with Crippen LogP contribution in [-0.2, 0) is 14.4 Å². The molecule has 0 heterocycles. The summed E-state index contributed by atoms with van der Waals surface area (Å²) in [7, 11) is 0. The third-order valence-electron chi connectivity index (χ3n) is 3.90. The van der Waals surface area contributed by atoms with Gasteiger partial charge in [-0.2, -0.15) is 0 Å². The zero-order chi connectivity index (χ0) is 17.0. The largest absolute Gasteiger partial charge is 0.481 e. The van der Waals surface area contributed by atoms with Crippen molar-refractivity contribution in [3.05, 3.63) is 35.9 Å². The molecule has 122 valence electrons. The Morgan fingerprint density at radius 2 is 1.74 bits per heavy atom. The van der Waals surface area contributed by atoms with E-state index < -0.39 is 17.8 Å². The van der Waals surface area contributed by atoms with Gasteiger partial charge >= 0.3 is 5.97 Å². The molecule has 0 saturated carbocycles. The summed E-state index contributed by atoms with van der Waals surface area (Å²) in [6, 6.07) is 5.19. The lowest BCUT2D eigenvalue weighted by Gasteiger charge is -2.24. The average molecular weight is 316 g/mol. The number of allylic oxidation sites excluding steroid dienone is 2. The van der Waals surface area contributed by atoms with Crippen LogP contribution < -0.4 is 10.6 Å². The number of anilines is 2. The molecule has 2 rings (SSSR count). The van der Waals surface area contributed by atoms with Crippen molar-refractivity contribution in [3.63, 3.8) is 0 Å². The molecule has 0 aromatic heterocycles. The molecule has 1 aliphatic carbocycles. The highest BCUT2D eigenvalue weighted by Crippen LogP contribution is 2.28.